The average molecular weight is 716 g/mol. The van der Waals surface area contributed by atoms with Crippen molar-refractivity contribution in [2.75, 3.05) is 0 Å². The molecule has 3 aromatic heterocycles. The minimum absolute atomic E-state index is 0.566. The number of hydrogen-bond acceptors (Lipinski definition) is 3. The molecule has 0 fully saturated rings. The molecule has 0 N–H and O–H groups in total. The molecule has 0 aliphatic rings. The third kappa shape index (κ3) is 5.29. The van der Waals surface area contributed by atoms with Gasteiger partial charge >= 0.3 is 0 Å². The molecule has 0 bridgehead atoms. The Morgan fingerprint density at radius 1 is 0.268 bits per heavy atom. The zero-order chi connectivity index (χ0) is 37.0. The van der Waals surface area contributed by atoms with Crippen molar-refractivity contribution in [1.82, 2.24) is 24.1 Å². The van der Waals surface area contributed by atoms with E-state index in [2.05, 4.69) is 209 Å². The predicted molar refractivity (Wildman–Crippen MR) is 230 cm³/mol. The Hall–Kier alpha value is -7.63. The second-order valence-electron chi connectivity index (χ2n) is 14.1. The Morgan fingerprint density at radius 3 is 1.16 bits per heavy atom. The van der Waals surface area contributed by atoms with E-state index in [9.17, 15) is 0 Å². The Kier molecular flexibility index (Phi) is 7.42. The molecule has 56 heavy (non-hydrogen) atoms. The van der Waals surface area contributed by atoms with E-state index in [1.165, 1.54) is 10.8 Å². The highest BCUT2D eigenvalue weighted by Crippen LogP contribution is 2.37. The topological polar surface area (TPSA) is 48.5 Å². The van der Waals surface area contributed by atoms with Crippen LogP contribution in [-0.4, -0.2) is 24.1 Å². The van der Waals surface area contributed by atoms with Crippen molar-refractivity contribution in [3.05, 3.63) is 200 Å². The van der Waals surface area contributed by atoms with Gasteiger partial charge in [-0.05, 0) is 76.9 Å². The number of benzene rings is 8. The molecule has 3 heterocycles. The van der Waals surface area contributed by atoms with E-state index in [1.54, 1.807) is 0 Å². The standard InChI is InChI=1S/C51H33N5/c1-3-16-34(17-4-1)37-30-38(35-18-5-2-6-19-35)32-39(31-37)50-52-49(53-51(54-50)56-47-28-13-9-24-43(47)44-25-10-14-29-48(44)56)36-20-15-21-40(33-36)55-45-26-11-7-22-41(45)42-23-8-12-27-46(42)55/h1-33H. The van der Waals surface area contributed by atoms with Crippen molar-refractivity contribution in [1.29, 1.82) is 0 Å². The maximum absolute atomic E-state index is 5.33. The molecule has 5 heteroatoms. The number of rotatable bonds is 6. The van der Waals surface area contributed by atoms with Crippen LogP contribution in [0, 0.1) is 0 Å². The highest BCUT2D eigenvalue weighted by Gasteiger charge is 2.20. The number of hydrogen-bond donors (Lipinski definition) is 0. The van der Waals surface area contributed by atoms with Gasteiger partial charge in [0.1, 0.15) is 0 Å². The van der Waals surface area contributed by atoms with Crippen LogP contribution in [0.15, 0.2) is 200 Å². The zero-order valence-electron chi connectivity index (χ0n) is 30.3. The fraction of sp³-hybridized carbons (Fsp3) is 0. The van der Waals surface area contributed by atoms with Crippen molar-refractivity contribution in [3.63, 3.8) is 0 Å². The van der Waals surface area contributed by atoms with Gasteiger partial charge in [-0.25, -0.2) is 4.98 Å². The molecule has 0 aliphatic heterocycles. The van der Waals surface area contributed by atoms with E-state index in [0.717, 1.165) is 71.9 Å². The summed E-state index contributed by atoms with van der Waals surface area (Å²) in [4.78, 5) is 16.0. The van der Waals surface area contributed by atoms with Crippen LogP contribution in [0.2, 0.25) is 0 Å². The molecule has 11 aromatic rings. The maximum atomic E-state index is 5.33. The lowest BCUT2D eigenvalue weighted by molar-refractivity contribution is 0.953. The summed E-state index contributed by atoms with van der Waals surface area (Å²) in [5.41, 5.74) is 11.7. The van der Waals surface area contributed by atoms with Crippen molar-refractivity contribution in [2.24, 2.45) is 0 Å². The molecule has 5 nitrogen and oxygen atoms in total. The van der Waals surface area contributed by atoms with E-state index < -0.39 is 0 Å². The number of fused-ring (bicyclic) bond motifs is 6. The third-order valence-electron chi connectivity index (χ3n) is 10.8. The summed E-state index contributed by atoms with van der Waals surface area (Å²) < 4.78 is 4.51. The van der Waals surface area contributed by atoms with Crippen LogP contribution in [-0.2, 0) is 0 Å². The molecule has 11 rings (SSSR count). The summed E-state index contributed by atoms with van der Waals surface area (Å²) in [6.07, 6.45) is 0. The van der Waals surface area contributed by atoms with E-state index in [4.69, 9.17) is 15.0 Å². The van der Waals surface area contributed by atoms with Crippen LogP contribution in [0.3, 0.4) is 0 Å². The summed E-state index contributed by atoms with van der Waals surface area (Å²) in [5, 5.41) is 4.74. The minimum atomic E-state index is 0.566. The molecular weight excluding hydrogens is 683 g/mol. The summed E-state index contributed by atoms with van der Waals surface area (Å²) in [6.45, 7) is 0. The molecule has 262 valence electrons. The second-order valence-corrected chi connectivity index (χ2v) is 14.1. The lowest BCUT2D eigenvalue weighted by Gasteiger charge is -2.14. The fourth-order valence-corrected chi connectivity index (χ4v) is 8.20. The number of para-hydroxylation sites is 4. The molecule has 0 saturated heterocycles. The van der Waals surface area contributed by atoms with E-state index >= 15 is 0 Å². The molecule has 0 aliphatic carbocycles. The monoisotopic (exact) mass is 715 g/mol. The van der Waals surface area contributed by atoms with Crippen molar-refractivity contribution in [3.8, 4) is 56.7 Å². The van der Waals surface area contributed by atoms with Gasteiger partial charge in [0.2, 0.25) is 5.95 Å². The predicted octanol–water partition coefficient (Wildman–Crippen LogP) is 12.7. The molecule has 0 saturated carbocycles. The van der Waals surface area contributed by atoms with Gasteiger partial charge < -0.3 is 4.57 Å². The quantitative estimate of drug-likeness (QED) is 0.172. The third-order valence-corrected chi connectivity index (χ3v) is 10.8. The molecular formula is C51H33N5. The van der Waals surface area contributed by atoms with Gasteiger partial charge in [-0.15, -0.1) is 0 Å². The first-order valence-corrected chi connectivity index (χ1v) is 18.9. The summed E-state index contributed by atoms with van der Waals surface area (Å²) in [7, 11) is 0. The largest absolute Gasteiger partial charge is 0.309 e. The van der Waals surface area contributed by atoms with Crippen LogP contribution in [0.5, 0.6) is 0 Å². The van der Waals surface area contributed by atoms with Crippen LogP contribution in [0.25, 0.3) is 100 Å². The Morgan fingerprint density at radius 2 is 0.661 bits per heavy atom. The SMILES string of the molecule is c1ccc(-c2cc(-c3ccccc3)cc(-c3nc(-c4cccc(-n5c6ccccc6c6ccccc65)c4)nc(-n4c5ccccc5c5ccccc54)n3)c2)cc1. The number of nitrogens with zero attached hydrogens (tertiary/aromatic N) is 5. The number of aromatic nitrogens is 5. The molecule has 8 aromatic carbocycles. The van der Waals surface area contributed by atoms with Gasteiger partial charge in [0.05, 0.1) is 22.1 Å². The molecule has 0 amide bonds. The van der Waals surface area contributed by atoms with Gasteiger partial charge in [0.15, 0.2) is 11.6 Å². The van der Waals surface area contributed by atoms with E-state index in [1.807, 2.05) is 0 Å². The summed E-state index contributed by atoms with van der Waals surface area (Å²) in [6, 6.07) is 70.4. The highest BCUT2D eigenvalue weighted by molar-refractivity contribution is 6.10. The lowest BCUT2D eigenvalue weighted by Crippen LogP contribution is -2.07. The van der Waals surface area contributed by atoms with Gasteiger partial charge in [-0.2, -0.15) is 9.97 Å². The van der Waals surface area contributed by atoms with E-state index in [0.29, 0.717) is 17.6 Å². The highest BCUT2D eigenvalue weighted by atomic mass is 15.2. The molecule has 0 spiro atoms. The molecule has 0 radical (unpaired) electrons. The van der Waals surface area contributed by atoms with Gasteiger partial charge in [0.25, 0.3) is 0 Å². The van der Waals surface area contributed by atoms with Gasteiger partial charge in [-0.1, -0.05) is 146 Å². The smallest absolute Gasteiger partial charge is 0.238 e. The molecule has 0 unspecified atom stereocenters. The zero-order valence-corrected chi connectivity index (χ0v) is 30.3. The van der Waals surface area contributed by atoms with Crippen LogP contribution < -0.4 is 0 Å². The Labute approximate surface area is 323 Å². The van der Waals surface area contributed by atoms with Crippen molar-refractivity contribution in [2.45, 2.75) is 0 Å². The first-order valence-electron chi connectivity index (χ1n) is 18.9. The lowest BCUT2D eigenvalue weighted by atomic mass is 9.96. The first kappa shape index (κ1) is 31.9. The summed E-state index contributed by atoms with van der Waals surface area (Å²) in [5.74, 6) is 1.76. The van der Waals surface area contributed by atoms with E-state index in [-0.39, 0.29) is 0 Å². The Balaban J connectivity index is 1.18. The van der Waals surface area contributed by atoms with Crippen molar-refractivity contribution < 1.29 is 0 Å². The first-order chi connectivity index (χ1) is 27.8. The second kappa shape index (κ2) is 13.0. The van der Waals surface area contributed by atoms with Crippen LogP contribution in [0.4, 0.5) is 0 Å². The van der Waals surface area contributed by atoms with Gasteiger partial charge in [0, 0.05) is 38.4 Å². The average Bonchev–Trinajstić information content (AvgIpc) is 3.80. The van der Waals surface area contributed by atoms with Crippen molar-refractivity contribution >= 4 is 43.6 Å². The Bertz CT molecular complexity index is 3090. The van der Waals surface area contributed by atoms with Crippen LogP contribution >= 0.6 is 0 Å². The fourth-order valence-electron chi connectivity index (χ4n) is 8.20. The normalized spacial score (nSPS) is 11.6. The van der Waals surface area contributed by atoms with Crippen LogP contribution in [0.1, 0.15) is 0 Å². The van der Waals surface area contributed by atoms with Gasteiger partial charge in [-0.3, -0.25) is 4.57 Å². The minimum Gasteiger partial charge on any atom is -0.309 e. The molecule has 0 atom stereocenters. The summed E-state index contributed by atoms with van der Waals surface area (Å²) >= 11 is 0. The maximum Gasteiger partial charge on any atom is 0.238 e.